The van der Waals surface area contributed by atoms with E-state index in [1.165, 1.54) is 34.5 Å². The summed E-state index contributed by atoms with van der Waals surface area (Å²) in [4.78, 5) is 36.0. The van der Waals surface area contributed by atoms with Gasteiger partial charge in [0.2, 0.25) is 5.91 Å². The van der Waals surface area contributed by atoms with Crippen molar-refractivity contribution in [2.45, 2.75) is 48.6 Å². The molecule has 1 unspecified atom stereocenters. The molecule has 12 heteroatoms. The lowest BCUT2D eigenvalue weighted by atomic mass is 9.86. The Hall–Kier alpha value is -3.05. The second-order valence-corrected chi connectivity index (χ2v) is 16.3. The van der Waals surface area contributed by atoms with Crippen LogP contribution in [-0.2, 0) is 14.6 Å². The molecule has 1 spiro atoms. The Bertz CT molecular complexity index is 1950. The van der Waals surface area contributed by atoms with Gasteiger partial charge in [-0.05, 0) is 80.3 Å². The third-order valence-corrected chi connectivity index (χ3v) is 11.6. The lowest BCUT2D eigenvalue weighted by molar-refractivity contribution is -0.130. The maximum Gasteiger partial charge on any atom is 0.266 e. The van der Waals surface area contributed by atoms with Gasteiger partial charge < -0.3 is 9.80 Å². The molecule has 2 saturated heterocycles. The van der Waals surface area contributed by atoms with E-state index in [0.29, 0.717) is 38.9 Å². The predicted octanol–water partition coefficient (Wildman–Crippen LogP) is 6.88. The molecule has 1 aromatic heterocycles. The van der Waals surface area contributed by atoms with Crippen LogP contribution in [0.5, 0.6) is 0 Å². The van der Waals surface area contributed by atoms with Crippen molar-refractivity contribution in [3.8, 4) is 5.69 Å². The first-order chi connectivity index (χ1) is 22.0. The number of aromatic nitrogens is 2. The van der Waals surface area contributed by atoms with Crippen molar-refractivity contribution < 1.29 is 13.2 Å². The predicted molar refractivity (Wildman–Crippen MR) is 187 cm³/mol. The van der Waals surface area contributed by atoms with E-state index in [9.17, 15) is 18.0 Å². The van der Waals surface area contributed by atoms with Crippen LogP contribution in [0.2, 0.25) is 10.0 Å². The molecule has 2 aliphatic rings. The van der Waals surface area contributed by atoms with E-state index < -0.39 is 9.84 Å². The maximum atomic E-state index is 13.6. The number of unbranched alkanes of at least 4 members (excludes halogenated alkanes) is 2. The number of hydrogen-bond acceptors (Lipinski definition) is 7. The maximum absolute atomic E-state index is 13.6. The summed E-state index contributed by atoms with van der Waals surface area (Å²) >= 11 is 13.9. The molecule has 6 rings (SSSR count). The lowest BCUT2D eigenvalue weighted by Crippen LogP contribution is -2.34. The van der Waals surface area contributed by atoms with Crippen molar-refractivity contribution in [2.75, 3.05) is 43.1 Å². The summed E-state index contributed by atoms with van der Waals surface area (Å²) < 4.78 is 25.8. The number of hydrogen-bond donors (Lipinski definition) is 0. The minimum atomic E-state index is -3.46. The summed E-state index contributed by atoms with van der Waals surface area (Å²) in [6.07, 6.45) is 6.27. The standard InChI is InChI=1S/C34H36Cl2N4O4S2/c1-46(43,44)28-12-13-29-30(21-28)37-33(40(32(29)42)27-10-6-8-25(36)20-27)45-18-4-2-3-11-31(41)39-17-15-34(23-39)14-16-38(22-34)26-9-5-7-24(35)19-26/h5-10,12-13,19-21H,2-4,11,14-18,22-23H2,1H3. The Balaban J connectivity index is 1.05. The van der Waals surface area contributed by atoms with Crippen molar-refractivity contribution in [1.82, 2.24) is 14.5 Å². The summed E-state index contributed by atoms with van der Waals surface area (Å²) in [6, 6.07) is 19.4. The largest absolute Gasteiger partial charge is 0.371 e. The number of nitrogens with zero attached hydrogens (tertiary/aromatic N) is 4. The number of carbonyl (C=O) groups excluding carboxylic acids is 1. The topological polar surface area (TPSA) is 92.6 Å². The quantitative estimate of drug-likeness (QED) is 0.101. The molecular formula is C34H36Cl2N4O4S2. The summed E-state index contributed by atoms with van der Waals surface area (Å²) in [6.45, 7) is 3.56. The fourth-order valence-electron chi connectivity index (χ4n) is 6.50. The molecule has 3 aromatic carbocycles. The Labute approximate surface area is 283 Å². The molecule has 0 N–H and O–H groups in total. The van der Waals surface area contributed by atoms with E-state index in [4.69, 9.17) is 28.2 Å². The third-order valence-electron chi connectivity index (χ3n) is 8.97. The number of fused-ring (bicyclic) bond motifs is 1. The fraction of sp³-hybridized carbons (Fsp3) is 0.382. The molecule has 8 nitrogen and oxygen atoms in total. The minimum Gasteiger partial charge on any atom is -0.371 e. The smallest absolute Gasteiger partial charge is 0.266 e. The molecule has 0 bridgehead atoms. The molecule has 2 aliphatic heterocycles. The van der Waals surface area contributed by atoms with Crippen molar-refractivity contribution >= 4 is 67.3 Å². The SMILES string of the molecule is CS(=O)(=O)c1ccc2c(=O)n(-c3cccc(Cl)c3)c(SCCCCCC(=O)N3CCC4(CCN(c5cccc(Cl)c5)C4)C3)nc2c1. The number of likely N-dealkylation sites (tertiary alicyclic amines) is 1. The van der Waals surface area contributed by atoms with Crippen LogP contribution in [0.15, 0.2) is 81.6 Å². The van der Waals surface area contributed by atoms with Crippen LogP contribution < -0.4 is 10.5 Å². The molecule has 1 amide bonds. The molecular weight excluding hydrogens is 663 g/mol. The summed E-state index contributed by atoms with van der Waals surface area (Å²) in [5.74, 6) is 0.906. The van der Waals surface area contributed by atoms with Crippen LogP contribution in [0.1, 0.15) is 38.5 Å². The number of halogens is 2. The van der Waals surface area contributed by atoms with Gasteiger partial charge in [-0.1, -0.05) is 53.5 Å². The zero-order valence-electron chi connectivity index (χ0n) is 25.6. The molecule has 242 valence electrons. The Morgan fingerprint density at radius 2 is 1.63 bits per heavy atom. The summed E-state index contributed by atoms with van der Waals surface area (Å²) in [5, 5.41) is 2.03. The molecule has 1 atom stereocenters. The highest BCUT2D eigenvalue weighted by molar-refractivity contribution is 7.99. The van der Waals surface area contributed by atoms with Crippen molar-refractivity contribution in [1.29, 1.82) is 0 Å². The number of sulfone groups is 1. The number of rotatable bonds is 10. The third kappa shape index (κ3) is 7.25. The van der Waals surface area contributed by atoms with Gasteiger partial charge in [0.15, 0.2) is 15.0 Å². The van der Waals surface area contributed by atoms with Crippen molar-refractivity contribution in [3.05, 3.63) is 87.1 Å². The number of benzene rings is 3. The first-order valence-electron chi connectivity index (χ1n) is 15.5. The second-order valence-electron chi connectivity index (χ2n) is 12.3. The van der Waals surface area contributed by atoms with Crippen LogP contribution in [0.3, 0.4) is 0 Å². The van der Waals surface area contributed by atoms with E-state index in [1.807, 2.05) is 23.1 Å². The van der Waals surface area contributed by atoms with Crippen molar-refractivity contribution in [3.63, 3.8) is 0 Å². The van der Waals surface area contributed by atoms with Gasteiger partial charge in [-0.2, -0.15) is 0 Å². The van der Waals surface area contributed by atoms with Gasteiger partial charge in [0.25, 0.3) is 5.56 Å². The minimum absolute atomic E-state index is 0.114. The van der Waals surface area contributed by atoms with Crippen LogP contribution in [0.25, 0.3) is 16.6 Å². The lowest BCUT2D eigenvalue weighted by Gasteiger charge is -2.25. The van der Waals surface area contributed by atoms with Crippen LogP contribution in [-0.4, -0.2) is 67.0 Å². The highest BCUT2D eigenvalue weighted by atomic mass is 35.5. The average molecular weight is 700 g/mol. The zero-order valence-corrected chi connectivity index (χ0v) is 28.8. The van der Waals surface area contributed by atoms with Gasteiger partial charge in [0.1, 0.15) is 0 Å². The fourth-order valence-corrected chi connectivity index (χ4v) is 8.52. The monoisotopic (exact) mass is 698 g/mol. The second kappa shape index (κ2) is 13.6. The van der Waals surface area contributed by atoms with Gasteiger partial charge in [-0.15, -0.1) is 0 Å². The van der Waals surface area contributed by atoms with Crippen LogP contribution >= 0.6 is 35.0 Å². The van der Waals surface area contributed by atoms with Crippen LogP contribution in [0.4, 0.5) is 5.69 Å². The molecule has 0 aliphatic carbocycles. The van der Waals surface area contributed by atoms with E-state index in [-0.39, 0.29) is 21.8 Å². The zero-order chi connectivity index (χ0) is 32.5. The van der Waals surface area contributed by atoms with E-state index in [2.05, 4.69) is 11.0 Å². The Morgan fingerprint density at radius 3 is 2.37 bits per heavy atom. The highest BCUT2D eigenvalue weighted by Crippen LogP contribution is 2.41. The van der Waals surface area contributed by atoms with Crippen molar-refractivity contribution in [2.24, 2.45) is 5.41 Å². The molecule has 4 aromatic rings. The van der Waals surface area contributed by atoms with Gasteiger partial charge >= 0.3 is 0 Å². The highest BCUT2D eigenvalue weighted by Gasteiger charge is 2.44. The average Bonchev–Trinajstić information content (AvgIpc) is 3.64. The number of amides is 1. The number of thioether (sulfide) groups is 1. The first kappa shape index (κ1) is 32.9. The van der Waals surface area contributed by atoms with E-state index in [0.717, 1.165) is 75.2 Å². The van der Waals surface area contributed by atoms with Gasteiger partial charge in [-0.3, -0.25) is 14.2 Å². The first-order valence-corrected chi connectivity index (χ1v) is 19.1. The molecule has 3 heterocycles. The normalized spacial score (nSPS) is 18.2. The van der Waals surface area contributed by atoms with Gasteiger partial charge in [-0.25, -0.2) is 13.4 Å². The molecule has 0 radical (unpaired) electrons. The molecule has 2 fully saturated rings. The summed E-state index contributed by atoms with van der Waals surface area (Å²) in [5.41, 5.74) is 1.94. The molecule has 0 saturated carbocycles. The Morgan fingerprint density at radius 1 is 0.913 bits per heavy atom. The number of carbonyl (C=O) groups is 1. The summed E-state index contributed by atoms with van der Waals surface area (Å²) in [7, 11) is -3.46. The van der Waals surface area contributed by atoms with Gasteiger partial charge in [0.05, 0.1) is 21.5 Å². The van der Waals surface area contributed by atoms with E-state index >= 15 is 0 Å². The van der Waals surface area contributed by atoms with Gasteiger partial charge in [0, 0.05) is 65.8 Å². The molecule has 46 heavy (non-hydrogen) atoms. The number of anilines is 1. The Kier molecular flexibility index (Phi) is 9.71. The van der Waals surface area contributed by atoms with Crippen LogP contribution in [0, 0.1) is 5.41 Å². The van der Waals surface area contributed by atoms with E-state index in [1.54, 1.807) is 24.3 Å².